The van der Waals surface area contributed by atoms with Gasteiger partial charge in [-0.05, 0) is 25.7 Å². The van der Waals surface area contributed by atoms with Gasteiger partial charge in [-0.15, -0.1) is 0 Å². The Kier molecular flexibility index (Phi) is 5.18. The van der Waals surface area contributed by atoms with Crippen molar-refractivity contribution in [1.29, 1.82) is 0 Å². The van der Waals surface area contributed by atoms with Gasteiger partial charge >= 0.3 is 0 Å². The van der Waals surface area contributed by atoms with E-state index >= 15 is 0 Å². The van der Waals surface area contributed by atoms with Crippen LogP contribution in [-0.2, 0) is 14.3 Å². The number of likely N-dealkylation sites (tertiary alicyclic amines) is 1. The number of hydrogen-bond acceptors (Lipinski definition) is 5. The van der Waals surface area contributed by atoms with E-state index in [9.17, 15) is 9.59 Å². The Hall–Kier alpha value is -1.18. The number of ether oxygens (including phenoxy) is 1. The van der Waals surface area contributed by atoms with Gasteiger partial charge in [0.25, 0.3) is 0 Å². The summed E-state index contributed by atoms with van der Waals surface area (Å²) in [5.74, 6) is 0.272. The highest BCUT2D eigenvalue weighted by molar-refractivity contribution is 5.86. The normalized spacial score (nSPS) is 25.6. The minimum atomic E-state index is -0.758. The van der Waals surface area contributed by atoms with Crippen molar-refractivity contribution in [2.75, 3.05) is 59.0 Å². The summed E-state index contributed by atoms with van der Waals surface area (Å²) in [5, 5.41) is 0. The van der Waals surface area contributed by atoms with Gasteiger partial charge in [0.15, 0.2) is 0 Å². The third-order valence-corrected chi connectivity index (χ3v) is 5.29. The van der Waals surface area contributed by atoms with Gasteiger partial charge in [0.1, 0.15) is 0 Å². The first-order valence-corrected chi connectivity index (χ1v) is 8.75. The minimum Gasteiger partial charge on any atom is -0.381 e. The zero-order valence-corrected chi connectivity index (χ0v) is 13.8. The molecule has 2 amide bonds. The summed E-state index contributed by atoms with van der Waals surface area (Å²) in [6.45, 7) is 6.21. The molecule has 3 aliphatic heterocycles. The molecule has 0 radical (unpaired) electrons. The number of nitrogens with zero attached hydrogens (tertiary/aromatic N) is 3. The van der Waals surface area contributed by atoms with Gasteiger partial charge in [0.2, 0.25) is 11.8 Å². The third-order valence-electron chi connectivity index (χ3n) is 5.29. The molecule has 3 rings (SSSR count). The SMILES string of the molecule is NC1(C(=O)N2CCN(CC(=O)N3CCCC3)CC2)CCOCC1. The molecule has 23 heavy (non-hydrogen) atoms. The van der Waals surface area contributed by atoms with Crippen LogP contribution in [0.15, 0.2) is 0 Å². The van der Waals surface area contributed by atoms with Crippen molar-refractivity contribution in [3.05, 3.63) is 0 Å². The molecule has 0 aliphatic carbocycles. The molecule has 0 aromatic heterocycles. The standard InChI is InChI=1S/C16H28N4O3/c17-16(3-11-23-12-4-16)15(22)20-9-7-18(8-10-20)13-14(21)19-5-1-2-6-19/h1-13,17H2. The summed E-state index contributed by atoms with van der Waals surface area (Å²) in [6.07, 6.45) is 3.44. The predicted octanol–water partition coefficient (Wildman–Crippen LogP) is -0.739. The molecule has 0 saturated carbocycles. The quantitative estimate of drug-likeness (QED) is 0.740. The second kappa shape index (κ2) is 7.15. The summed E-state index contributed by atoms with van der Waals surface area (Å²) in [4.78, 5) is 30.8. The summed E-state index contributed by atoms with van der Waals surface area (Å²) in [6, 6.07) is 0. The van der Waals surface area contributed by atoms with E-state index < -0.39 is 5.54 Å². The molecule has 130 valence electrons. The van der Waals surface area contributed by atoms with Crippen molar-refractivity contribution in [3.63, 3.8) is 0 Å². The Morgan fingerprint density at radius 1 is 0.913 bits per heavy atom. The molecular weight excluding hydrogens is 296 g/mol. The van der Waals surface area contributed by atoms with Crippen LogP contribution in [0.5, 0.6) is 0 Å². The van der Waals surface area contributed by atoms with Crippen LogP contribution in [0.1, 0.15) is 25.7 Å². The van der Waals surface area contributed by atoms with E-state index in [1.54, 1.807) is 0 Å². The van der Waals surface area contributed by atoms with Crippen LogP contribution in [0.25, 0.3) is 0 Å². The highest BCUT2D eigenvalue weighted by Crippen LogP contribution is 2.21. The Morgan fingerprint density at radius 2 is 1.52 bits per heavy atom. The van der Waals surface area contributed by atoms with Gasteiger partial charge in [-0.1, -0.05) is 0 Å². The fourth-order valence-electron chi connectivity index (χ4n) is 3.63. The summed E-state index contributed by atoms with van der Waals surface area (Å²) in [5.41, 5.74) is 5.53. The van der Waals surface area contributed by atoms with Crippen molar-refractivity contribution >= 4 is 11.8 Å². The molecule has 7 heteroatoms. The molecular formula is C16H28N4O3. The number of hydrogen-bond donors (Lipinski definition) is 1. The number of amides is 2. The lowest BCUT2D eigenvalue weighted by Gasteiger charge is -2.41. The molecule has 0 aromatic carbocycles. The molecule has 0 bridgehead atoms. The molecule has 2 N–H and O–H groups in total. The molecule has 0 unspecified atom stereocenters. The number of carbonyl (C=O) groups is 2. The van der Waals surface area contributed by atoms with E-state index in [0.29, 0.717) is 45.7 Å². The summed E-state index contributed by atoms with van der Waals surface area (Å²) < 4.78 is 5.31. The minimum absolute atomic E-state index is 0.0475. The van der Waals surface area contributed by atoms with E-state index in [0.717, 1.165) is 39.0 Å². The highest BCUT2D eigenvalue weighted by Gasteiger charge is 2.39. The van der Waals surface area contributed by atoms with E-state index in [1.165, 1.54) is 0 Å². The average molecular weight is 324 g/mol. The van der Waals surface area contributed by atoms with Crippen LogP contribution in [-0.4, -0.2) is 91.1 Å². The van der Waals surface area contributed by atoms with Crippen LogP contribution in [0.2, 0.25) is 0 Å². The second-order valence-corrected chi connectivity index (χ2v) is 6.92. The molecule has 3 fully saturated rings. The maximum atomic E-state index is 12.7. The Labute approximate surface area is 137 Å². The first kappa shape index (κ1) is 16.7. The third kappa shape index (κ3) is 3.84. The van der Waals surface area contributed by atoms with Gasteiger partial charge < -0.3 is 20.3 Å². The van der Waals surface area contributed by atoms with Crippen molar-refractivity contribution in [2.45, 2.75) is 31.2 Å². The second-order valence-electron chi connectivity index (χ2n) is 6.92. The molecule has 0 spiro atoms. The topological polar surface area (TPSA) is 79.1 Å². The summed E-state index contributed by atoms with van der Waals surface area (Å²) >= 11 is 0. The molecule has 3 saturated heterocycles. The molecule has 0 aromatic rings. The lowest BCUT2D eigenvalue weighted by atomic mass is 9.89. The van der Waals surface area contributed by atoms with Crippen molar-refractivity contribution in [3.8, 4) is 0 Å². The fraction of sp³-hybridized carbons (Fsp3) is 0.875. The van der Waals surface area contributed by atoms with Gasteiger partial charge in [-0.25, -0.2) is 0 Å². The Bertz CT molecular complexity index is 437. The summed E-state index contributed by atoms with van der Waals surface area (Å²) in [7, 11) is 0. The van der Waals surface area contributed by atoms with Crippen molar-refractivity contribution in [2.24, 2.45) is 5.73 Å². The van der Waals surface area contributed by atoms with E-state index in [1.807, 2.05) is 9.80 Å². The Balaban J connectivity index is 1.46. The number of piperazine rings is 1. The number of carbonyl (C=O) groups excluding carboxylic acids is 2. The highest BCUT2D eigenvalue weighted by atomic mass is 16.5. The molecule has 0 atom stereocenters. The maximum absolute atomic E-state index is 12.7. The average Bonchev–Trinajstić information content (AvgIpc) is 3.10. The molecule has 7 nitrogen and oxygen atoms in total. The first-order valence-electron chi connectivity index (χ1n) is 8.75. The molecule has 3 heterocycles. The van der Waals surface area contributed by atoms with Gasteiger partial charge in [0, 0.05) is 52.5 Å². The van der Waals surface area contributed by atoms with Crippen molar-refractivity contribution in [1.82, 2.24) is 14.7 Å². The lowest BCUT2D eigenvalue weighted by Crippen LogP contribution is -2.61. The lowest BCUT2D eigenvalue weighted by molar-refractivity contribution is -0.142. The van der Waals surface area contributed by atoms with Gasteiger partial charge in [0.05, 0.1) is 12.1 Å². The monoisotopic (exact) mass is 324 g/mol. The largest absolute Gasteiger partial charge is 0.381 e. The first-order chi connectivity index (χ1) is 11.1. The van der Waals surface area contributed by atoms with Crippen LogP contribution >= 0.6 is 0 Å². The zero-order valence-electron chi connectivity index (χ0n) is 13.8. The molecule has 3 aliphatic rings. The van der Waals surface area contributed by atoms with Gasteiger partial charge in [-0.2, -0.15) is 0 Å². The maximum Gasteiger partial charge on any atom is 0.242 e. The van der Waals surface area contributed by atoms with E-state index in [2.05, 4.69) is 4.90 Å². The fourth-order valence-corrected chi connectivity index (χ4v) is 3.63. The zero-order chi connectivity index (χ0) is 16.3. The predicted molar refractivity (Wildman–Crippen MR) is 85.8 cm³/mol. The van der Waals surface area contributed by atoms with E-state index in [4.69, 9.17) is 10.5 Å². The smallest absolute Gasteiger partial charge is 0.242 e. The van der Waals surface area contributed by atoms with Crippen LogP contribution in [0.3, 0.4) is 0 Å². The van der Waals surface area contributed by atoms with Crippen molar-refractivity contribution < 1.29 is 14.3 Å². The van der Waals surface area contributed by atoms with Crippen LogP contribution < -0.4 is 5.73 Å². The Morgan fingerprint density at radius 3 is 2.13 bits per heavy atom. The van der Waals surface area contributed by atoms with Crippen LogP contribution in [0, 0.1) is 0 Å². The van der Waals surface area contributed by atoms with E-state index in [-0.39, 0.29) is 11.8 Å². The van der Waals surface area contributed by atoms with Crippen LogP contribution in [0.4, 0.5) is 0 Å². The van der Waals surface area contributed by atoms with Gasteiger partial charge in [-0.3, -0.25) is 14.5 Å². The number of rotatable bonds is 3. The number of nitrogens with two attached hydrogens (primary N) is 1.